The van der Waals surface area contributed by atoms with E-state index in [1.165, 1.54) is 18.4 Å². The molecule has 1 aromatic rings. The molecule has 1 aliphatic rings. The Balaban J connectivity index is 1.91. The number of ether oxygens (including phenoxy) is 1. The fraction of sp³-hybridized carbons (Fsp3) is 0.733. The first-order valence-corrected chi connectivity index (χ1v) is 7.29. The minimum Gasteiger partial charge on any atom is -0.463 e. The molecular formula is C15H26N2O2. The first-order valence-electron chi connectivity index (χ1n) is 7.29. The van der Waals surface area contributed by atoms with Crippen molar-refractivity contribution in [1.29, 1.82) is 0 Å². The SMILES string of the molecule is CCN(Cc1cc(C)c(CNC)o1)CC1CCCO1. The van der Waals surface area contributed by atoms with Gasteiger partial charge in [0.2, 0.25) is 0 Å². The largest absolute Gasteiger partial charge is 0.463 e. The second kappa shape index (κ2) is 7.08. The molecule has 1 atom stereocenters. The highest BCUT2D eigenvalue weighted by atomic mass is 16.5. The van der Waals surface area contributed by atoms with E-state index in [4.69, 9.17) is 9.15 Å². The Kier molecular flexibility index (Phi) is 5.43. The normalized spacial score (nSPS) is 19.5. The third-order valence-corrected chi connectivity index (χ3v) is 3.72. The Bertz CT molecular complexity index is 383. The number of hydrogen-bond acceptors (Lipinski definition) is 4. The van der Waals surface area contributed by atoms with Crippen LogP contribution in [0.15, 0.2) is 10.5 Å². The molecular weight excluding hydrogens is 240 g/mol. The summed E-state index contributed by atoms with van der Waals surface area (Å²) in [7, 11) is 1.94. The van der Waals surface area contributed by atoms with Gasteiger partial charge in [0, 0.05) is 13.2 Å². The van der Waals surface area contributed by atoms with E-state index in [1.54, 1.807) is 0 Å². The fourth-order valence-corrected chi connectivity index (χ4v) is 2.61. The van der Waals surface area contributed by atoms with Gasteiger partial charge < -0.3 is 14.5 Å². The van der Waals surface area contributed by atoms with Crippen LogP contribution in [0.3, 0.4) is 0 Å². The van der Waals surface area contributed by atoms with Gasteiger partial charge in [0.15, 0.2) is 0 Å². The molecule has 0 spiro atoms. The van der Waals surface area contributed by atoms with E-state index >= 15 is 0 Å². The molecule has 2 rings (SSSR count). The van der Waals surface area contributed by atoms with E-state index in [0.29, 0.717) is 6.10 Å². The summed E-state index contributed by atoms with van der Waals surface area (Å²) in [4.78, 5) is 2.40. The minimum atomic E-state index is 0.410. The average Bonchev–Trinajstić information content (AvgIpc) is 3.00. The Morgan fingerprint density at radius 2 is 2.32 bits per heavy atom. The second-order valence-corrected chi connectivity index (χ2v) is 5.31. The lowest BCUT2D eigenvalue weighted by molar-refractivity contribution is 0.0701. The predicted molar refractivity (Wildman–Crippen MR) is 76.1 cm³/mol. The van der Waals surface area contributed by atoms with Gasteiger partial charge in [-0.15, -0.1) is 0 Å². The van der Waals surface area contributed by atoms with Crippen LogP contribution in [-0.2, 0) is 17.8 Å². The zero-order valence-corrected chi connectivity index (χ0v) is 12.4. The van der Waals surface area contributed by atoms with Gasteiger partial charge in [0.05, 0.1) is 19.2 Å². The summed E-state index contributed by atoms with van der Waals surface area (Å²) in [6.07, 6.45) is 2.81. The third-order valence-electron chi connectivity index (χ3n) is 3.72. The maximum Gasteiger partial charge on any atom is 0.120 e. The highest BCUT2D eigenvalue weighted by Crippen LogP contribution is 2.18. The van der Waals surface area contributed by atoms with E-state index in [2.05, 4.69) is 30.1 Å². The van der Waals surface area contributed by atoms with Gasteiger partial charge in [-0.05, 0) is 45.0 Å². The van der Waals surface area contributed by atoms with Crippen LogP contribution >= 0.6 is 0 Å². The van der Waals surface area contributed by atoms with Crippen LogP contribution in [-0.4, -0.2) is 37.7 Å². The molecule has 4 nitrogen and oxygen atoms in total. The summed E-state index contributed by atoms with van der Waals surface area (Å²) >= 11 is 0. The Labute approximate surface area is 116 Å². The van der Waals surface area contributed by atoms with Crippen LogP contribution in [0.4, 0.5) is 0 Å². The maximum atomic E-state index is 5.91. The highest BCUT2D eigenvalue weighted by Gasteiger charge is 2.19. The lowest BCUT2D eigenvalue weighted by atomic mass is 10.2. The molecule has 0 aromatic carbocycles. The van der Waals surface area contributed by atoms with E-state index in [0.717, 1.165) is 44.3 Å². The van der Waals surface area contributed by atoms with Crippen LogP contribution in [0.2, 0.25) is 0 Å². The van der Waals surface area contributed by atoms with Gasteiger partial charge in [-0.3, -0.25) is 4.90 Å². The summed E-state index contributed by atoms with van der Waals surface area (Å²) in [5.41, 5.74) is 1.23. The molecule has 4 heteroatoms. The van der Waals surface area contributed by atoms with Crippen molar-refractivity contribution in [3.63, 3.8) is 0 Å². The van der Waals surface area contributed by atoms with Gasteiger partial charge in [0.1, 0.15) is 11.5 Å². The predicted octanol–water partition coefficient (Wildman–Crippen LogP) is 2.31. The molecule has 1 aliphatic heterocycles. The summed E-state index contributed by atoms with van der Waals surface area (Å²) in [5, 5.41) is 3.14. The quantitative estimate of drug-likeness (QED) is 0.822. The van der Waals surface area contributed by atoms with E-state index in [1.807, 2.05) is 7.05 Å². The first-order chi connectivity index (χ1) is 9.22. The van der Waals surface area contributed by atoms with Gasteiger partial charge >= 0.3 is 0 Å². The van der Waals surface area contributed by atoms with Crippen LogP contribution in [0.1, 0.15) is 36.8 Å². The topological polar surface area (TPSA) is 37.6 Å². The van der Waals surface area contributed by atoms with E-state index in [-0.39, 0.29) is 0 Å². The zero-order chi connectivity index (χ0) is 13.7. The van der Waals surface area contributed by atoms with Crippen LogP contribution in [0.5, 0.6) is 0 Å². The fourth-order valence-electron chi connectivity index (χ4n) is 2.61. The minimum absolute atomic E-state index is 0.410. The molecule has 0 bridgehead atoms. The standard InChI is InChI=1S/C15H26N2O2/c1-4-17(10-13-6-5-7-18-13)11-14-8-12(2)15(19-14)9-16-3/h8,13,16H,4-7,9-11H2,1-3H3. The second-order valence-electron chi connectivity index (χ2n) is 5.31. The lowest BCUT2D eigenvalue weighted by Gasteiger charge is -2.22. The number of rotatable bonds is 7. The molecule has 1 saturated heterocycles. The molecule has 0 aliphatic carbocycles. The van der Waals surface area contributed by atoms with Crippen LogP contribution < -0.4 is 5.32 Å². The molecule has 1 N–H and O–H groups in total. The summed E-state index contributed by atoms with van der Waals surface area (Å²) in [5.74, 6) is 2.10. The Hall–Kier alpha value is -0.840. The molecule has 0 amide bonds. The summed E-state index contributed by atoms with van der Waals surface area (Å²) in [6, 6.07) is 2.16. The number of nitrogens with one attached hydrogen (secondary N) is 1. The van der Waals surface area contributed by atoms with Crippen molar-refractivity contribution in [2.75, 3.05) is 26.7 Å². The zero-order valence-electron chi connectivity index (χ0n) is 12.4. The van der Waals surface area contributed by atoms with Crippen molar-refractivity contribution in [2.24, 2.45) is 0 Å². The van der Waals surface area contributed by atoms with Crippen LogP contribution in [0.25, 0.3) is 0 Å². The van der Waals surface area contributed by atoms with E-state index in [9.17, 15) is 0 Å². The molecule has 2 heterocycles. The maximum absolute atomic E-state index is 5.91. The smallest absolute Gasteiger partial charge is 0.120 e. The van der Waals surface area contributed by atoms with Crippen molar-refractivity contribution < 1.29 is 9.15 Å². The molecule has 108 valence electrons. The number of aryl methyl sites for hydroxylation is 1. The van der Waals surface area contributed by atoms with Gasteiger partial charge in [0.25, 0.3) is 0 Å². The van der Waals surface area contributed by atoms with E-state index < -0.39 is 0 Å². The number of nitrogens with zero attached hydrogens (tertiary/aromatic N) is 1. The third kappa shape index (κ3) is 4.06. The van der Waals surface area contributed by atoms with Gasteiger partial charge in [-0.1, -0.05) is 6.92 Å². The van der Waals surface area contributed by atoms with Crippen molar-refractivity contribution in [3.05, 3.63) is 23.2 Å². The number of hydrogen-bond donors (Lipinski definition) is 1. The molecule has 19 heavy (non-hydrogen) atoms. The summed E-state index contributed by atoms with van der Waals surface area (Å²) < 4.78 is 11.6. The average molecular weight is 266 g/mol. The molecule has 1 aromatic heterocycles. The van der Waals surface area contributed by atoms with Crippen molar-refractivity contribution >= 4 is 0 Å². The molecule has 0 saturated carbocycles. The van der Waals surface area contributed by atoms with Crippen molar-refractivity contribution in [2.45, 2.75) is 45.9 Å². The van der Waals surface area contributed by atoms with Crippen molar-refractivity contribution in [3.8, 4) is 0 Å². The van der Waals surface area contributed by atoms with Gasteiger partial charge in [-0.25, -0.2) is 0 Å². The molecule has 1 unspecified atom stereocenters. The molecule has 0 radical (unpaired) electrons. The Morgan fingerprint density at radius 3 is 2.95 bits per heavy atom. The number of furan rings is 1. The van der Waals surface area contributed by atoms with Crippen molar-refractivity contribution in [1.82, 2.24) is 10.2 Å². The molecule has 1 fully saturated rings. The number of likely N-dealkylation sites (N-methyl/N-ethyl adjacent to an activating group) is 1. The lowest BCUT2D eigenvalue weighted by Crippen LogP contribution is -2.31. The monoisotopic (exact) mass is 266 g/mol. The first kappa shape index (κ1) is 14.6. The Morgan fingerprint density at radius 1 is 1.47 bits per heavy atom. The van der Waals surface area contributed by atoms with Crippen LogP contribution in [0, 0.1) is 6.92 Å². The highest BCUT2D eigenvalue weighted by molar-refractivity contribution is 5.20. The van der Waals surface area contributed by atoms with Gasteiger partial charge in [-0.2, -0.15) is 0 Å². The summed E-state index contributed by atoms with van der Waals surface area (Å²) in [6.45, 7) is 8.94.